The summed E-state index contributed by atoms with van der Waals surface area (Å²) in [7, 11) is 1.31. The van der Waals surface area contributed by atoms with Gasteiger partial charge in [0.25, 0.3) is 5.91 Å². The number of hydrogen-bond acceptors (Lipinski definition) is 5. The van der Waals surface area contributed by atoms with Crippen LogP contribution in [0.4, 0.5) is 5.69 Å². The lowest BCUT2D eigenvalue weighted by molar-refractivity contribution is -0.385. The van der Waals surface area contributed by atoms with Gasteiger partial charge < -0.3 is 14.7 Å². The Morgan fingerprint density at radius 3 is 2.95 bits per heavy atom. The van der Waals surface area contributed by atoms with Crippen LogP contribution in [0.5, 0.6) is 5.75 Å². The van der Waals surface area contributed by atoms with E-state index < -0.39 is 4.92 Å². The zero-order chi connectivity index (χ0) is 15.4. The fourth-order valence-electron chi connectivity index (χ4n) is 2.62. The number of ether oxygens (including phenoxy) is 1. The highest BCUT2D eigenvalue weighted by atomic mass is 16.6. The van der Waals surface area contributed by atoms with Crippen LogP contribution in [0.15, 0.2) is 18.2 Å². The van der Waals surface area contributed by atoms with Crippen molar-refractivity contribution in [1.82, 2.24) is 4.90 Å². The first-order valence-electron chi connectivity index (χ1n) is 6.80. The molecule has 1 aromatic rings. The summed E-state index contributed by atoms with van der Waals surface area (Å²) in [4.78, 5) is 24.6. The number of carbonyl (C=O) groups is 1. The van der Waals surface area contributed by atoms with Gasteiger partial charge in [-0.3, -0.25) is 14.9 Å². The number of para-hydroxylation sites is 1. The fraction of sp³-hybridized carbons (Fsp3) is 0.500. The van der Waals surface area contributed by atoms with Crippen molar-refractivity contribution in [3.63, 3.8) is 0 Å². The van der Waals surface area contributed by atoms with Crippen LogP contribution in [0, 0.1) is 16.0 Å². The summed E-state index contributed by atoms with van der Waals surface area (Å²) < 4.78 is 5.06. The van der Waals surface area contributed by atoms with Crippen molar-refractivity contribution in [2.24, 2.45) is 5.92 Å². The molecule has 0 aliphatic carbocycles. The molecule has 114 valence electrons. The molecule has 0 saturated carbocycles. The molecule has 1 fully saturated rings. The lowest BCUT2D eigenvalue weighted by atomic mass is 9.98. The molecule has 1 aliphatic heterocycles. The molecule has 1 N–H and O–H groups in total. The average molecular weight is 294 g/mol. The quantitative estimate of drug-likeness (QED) is 0.670. The SMILES string of the molecule is COc1c(C(=O)N2CCCC(CO)C2)cccc1[N+](=O)[O-]. The van der Waals surface area contributed by atoms with Crippen LogP contribution in [-0.4, -0.2) is 47.6 Å². The Kier molecular flexibility index (Phi) is 4.74. The van der Waals surface area contributed by atoms with Gasteiger partial charge in [0.2, 0.25) is 5.75 Å². The highest BCUT2D eigenvalue weighted by Crippen LogP contribution is 2.32. The lowest BCUT2D eigenvalue weighted by Gasteiger charge is -2.32. The monoisotopic (exact) mass is 294 g/mol. The minimum Gasteiger partial charge on any atom is -0.490 e. The third kappa shape index (κ3) is 3.13. The second-order valence-electron chi connectivity index (χ2n) is 5.06. The maximum atomic E-state index is 12.6. The molecule has 1 heterocycles. The van der Waals surface area contributed by atoms with Gasteiger partial charge >= 0.3 is 5.69 Å². The molecule has 1 saturated heterocycles. The maximum absolute atomic E-state index is 12.6. The number of nitrogens with zero attached hydrogens (tertiary/aromatic N) is 2. The Labute approximate surface area is 122 Å². The highest BCUT2D eigenvalue weighted by Gasteiger charge is 2.29. The number of methoxy groups -OCH3 is 1. The van der Waals surface area contributed by atoms with Gasteiger partial charge in [-0.15, -0.1) is 0 Å². The molecule has 1 unspecified atom stereocenters. The summed E-state index contributed by atoms with van der Waals surface area (Å²) in [5.41, 5.74) is -0.0376. The Morgan fingerprint density at radius 2 is 2.33 bits per heavy atom. The first kappa shape index (κ1) is 15.2. The number of nitro benzene ring substituents is 1. The molecule has 1 amide bonds. The zero-order valence-corrected chi connectivity index (χ0v) is 11.8. The van der Waals surface area contributed by atoms with Crippen LogP contribution < -0.4 is 4.74 Å². The second kappa shape index (κ2) is 6.53. The van der Waals surface area contributed by atoms with Gasteiger partial charge in [0.1, 0.15) is 0 Å². The van der Waals surface area contributed by atoms with E-state index in [1.807, 2.05) is 0 Å². The first-order valence-corrected chi connectivity index (χ1v) is 6.80. The largest absolute Gasteiger partial charge is 0.490 e. The lowest BCUT2D eigenvalue weighted by Crippen LogP contribution is -2.41. The number of rotatable bonds is 4. The molecule has 7 nitrogen and oxygen atoms in total. The molecule has 0 spiro atoms. The van der Waals surface area contributed by atoms with Crippen LogP contribution in [0.1, 0.15) is 23.2 Å². The number of nitro groups is 1. The molecule has 21 heavy (non-hydrogen) atoms. The summed E-state index contributed by atoms with van der Waals surface area (Å²) in [6, 6.07) is 4.31. The predicted molar refractivity (Wildman–Crippen MR) is 75.4 cm³/mol. The van der Waals surface area contributed by atoms with E-state index in [0.717, 1.165) is 12.8 Å². The number of hydrogen-bond donors (Lipinski definition) is 1. The van der Waals surface area contributed by atoms with Gasteiger partial charge in [0.15, 0.2) is 0 Å². The van der Waals surface area contributed by atoms with E-state index >= 15 is 0 Å². The Hall–Kier alpha value is -2.15. The van der Waals surface area contributed by atoms with Crippen molar-refractivity contribution >= 4 is 11.6 Å². The van der Waals surface area contributed by atoms with Crippen molar-refractivity contribution in [1.29, 1.82) is 0 Å². The number of carbonyl (C=O) groups excluding carboxylic acids is 1. The summed E-state index contributed by atoms with van der Waals surface area (Å²) in [6.07, 6.45) is 1.70. The van der Waals surface area contributed by atoms with Crippen LogP contribution in [-0.2, 0) is 0 Å². The van der Waals surface area contributed by atoms with Crippen molar-refractivity contribution in [2.45, 2.75) is 12.8 Å². The van der Waals surface area contributed by atoms with Crippen LogP contribution in [0.2, 0.25) is 0 Å². The van der Waals surface area contributed by atoms with Gasteiger partial charge in [0.05, 0.1) is 17.6 Å². The number of aliphatic hydroxyl groups is 1. The second-order valence-corrected chi connectivity index (χ2v) is 5.06. The van der Waals surface area contributed by atoms with Crippen LogP contribution >= 0.6 is 0 Å². The standard InChI is InChI=1S/C14H18N2O5/c1-21-13-11(5-2-6-12(13)16(19)20)14(18)15-7-3-4-10(8-15)9-17/h2,5-6,10,17H,3-4,7-9H2,1H3. The Bertz CT molecular complexity index is 546. The molecule has 7 heteroatoms. The number of amides is 1. The van der Waals surface area contributed by atoms with Crippen molar-refractivity contribution in [3.8, 4) is 5.75 Å². The number of piperidine rings is 1. The first-order chi connectivity index (χ1) is 10.1. The van der Waals surface area contributed by atoms with Crippen molar-refractivity contribution in [2.75, 3.05) is 26.8 Å². The summed E-state index contributed by atoms with van der Waals surface area (Å²) in [5.74, 6) is -0.250. The minimum atomic E-state index is -0.567. The normalized spacial score (nSPS) is 18.4. The van der Waals surface area contributed by atoms with Gasteiger partial charge in [-0.05, 0) is 24.8 Å². The summed E-state index contributed by atoms with van der Waals surface area (Å²) >= 11 is 0. The summed E-state index contributed by atoms with van der Waals surface area (Å²) in [5, 5.41) is 20.2. The van der Waals surface area contributed by atoms with Gasteiger partial charge in [0, 0.05) is 25.8 Å². The predicted octanol–water partition coefficient (Wildman–Crippen LogP) is 1.45. The molecule has 0 aromatic heterocycles. The third-order valence-electron chi connectivity index (χ3n) is 3.69. The topological polar surface area (TPSA) is 92.9 Å². The molecular weight excluding hydrogens is 276 g/mol. The van der Waals surface area contributed by atoms with E-state index in [9.17, 15) is 20.0 Å². The van der Waals surface area contributed by atoms with Gasteiger partial charge in [-0.25, -0.2) is 0 Å². The summed E-state index contributed by atoms with van der Waals surface area (Å²) in [6.45, 7) is 1.08. The Morgan fingerprint density at radius 1 is 1.57 bits per heavy atom. The molecular formula is C14H18N2O5. The molecule has 2 rings (SSSR count). The molecule has 0 bridgehead atoms. The van der Waals surface area contributed by atoms with E-state index in [0.29, 0.717) is 13.1 Å². The van der Waals surface area contributed by atoms with Crippen LogP contribution in [0.3, 0.4) is 0 Å². The van der Waals surface area contributed by atoms with E-state index in [-0.39, 0.29) is 35.4 Å². The maximum Gasteiger partial charge on any atom is 0.311 e. The van der Waals surface area contributed by atoms with Crippen molar-refractivity contribution in [3.05, 3.63) is 33.9 Å². The Balaban J connectivity index is 2.30. The third-order valence-corrected chi connectivity index (χ3v) is 3.69. The van der Waals surface area contributed by atoms with E-state index in [2.05, 4.69) is 0 Å². The van der Waals surface area contributed by atoms with Gasteiger partial charge in [-0.1, -0.05) is 6.07 Å². The fourth-order valence-corrected chi connectivity index (χ4v) is 2.62. The van der Waals surface area contributed by atoms with Crippen molar-refractivity contribution < 1.29 is 19.6 Å². The van der Waals surface area contributed by atoms with Crippen LogP contribution in [0.25, 0.3) is 0 Å². The molecule has 1 aromatic carbocycles. The smallest absolute Gasteiger partial charge is 0.311 e. The van der Waals surface area contributed by atoms with Gasteiger partial charge in [-0.2, -0.15) is 0 Å². The molecule has 1 aliphatic rings. The average Bonchev–Trinajstić information content (AvgIpc) is 2.53. The number of benzene rings is 1. The molecule has 1 atom stereocenters. The zero-order valence-electron chi connectivity index (χ0n) is 11.8. The minimum absolute atomic E-state index is 0.0152. The number of aliphatic hydroxyl groups excluding tert-OH is 1. The highest BCUT2D eigenvalue weighted by molar-refractivity contribution is 5.98. The molecule has 0 radical (unpaired) electrons. The van der Waals surface area contributed by atoms with E-state index in [1.165, 1.54) is 25.3 Å². The van der Waals surface area contributed by atoms with E-state index in [1.54, 1.807) is 4.90 Å². The number of likely N-dealkylation sites (tertiary alicyclic amines) is 1. The van der Waals surface area contributed by atoms with E-state index in [4.69, 9.17) is 4.74 Å².